The monoisotopic (exact) mass is 545 g/mol. The summed E-state index contributed by atoms with van der Waals surface area (Å²) in [4.78, 5) is 24.8. The Kier molecular flexibility index (Phi) is 11.4. The maximum Gasteiger partial charge on any atom is 0.313 e. The molecule has 0 aromatic heterocycles. The molecule has 2 N–H and O–H groups in total. The average molecular weight is 546 g/mol. The van der Waals surface area contributed by atoms with E-state index in [1.807, 2.05) is 42.5 Å². The third kappa shape index (κ3) is 8.85. The number of carbonyl (C=O) groups is 2. The van der Waals surface area contributed by atoms with Crippen molar-refractivity contribution in [2.24, 2.45) is 5.92 Å². The Hall–Kier alpha value is -2.88. The first kappa shape index (κ1) is 31.3. The second-order valence-corrected chi connectivity index (χ2v) is 15.7. The summed E-state index contributed by atoms with van der Waals surface area (Å²) < 4.78 is 22.3. The molecular weight excluding hydrogens is 502 g/mol. The van der Waals surface area contributed by atoms with Gasteiger partial charge in [0.25, 0.3) is 0 Å². The Labute approximate surface area is 227 Å². The Bertz CT molecular complexity index is 1020. The molecule has 8 nitrogen and oxygen atoms in total. The van der Waals surface area contributed by atoms with Crippen LogP contribution in [0.3, 0.4) is 0 Å². The summed E-state index contributed by atoms with van der Waals surface area (Å²) in [6.45, 7) is 11.8. The predicted octanol–water partition coefficient (Wildman–Crippen LogP) is 5.34. The van der Waals surface area contributed by atoms with E-state index in [-0.39, 0.29) is 18.1 Å². The third-order valence-corrected chi connectivity index (χ3v) is 11.6. The molecule has 0 unspecified atom stereocenters. The van der Waals surface area contributed by atoms with Gasteiger partial charge in [0.2, 0.25) is 0 Å². The first-order valence-corrected chi connectivity index (χ1v) is 15.7. The normalized spacial score (nSPS) is 15.1. The SMILES string of the molecule is COC(=O)[C@@H]([C@H](O)C[C@@H](COC(C)=O)O[Si](C)(C)C(C)(C)C)[C@@H](Nc1ccccc1)c1ccc(OC)cc1. The standard InChI is InChI=1S/C29H43NO7Si/c1-20(31)36-19-24(37-38(7,8)29(2,3)4)18-25(32)26(28(33)35-6)27(30-22-12-10-9-11-13-22)21-14-16-23(34-5)17-15-21/h9-17,24-27,30,32H,18-19H2,1-8H3/t24-,25+,26-,27-/m0/s1. The van der Waals surface area contributed by atoms with Crippen LogP contribution in [0.5, 0.6) is 5.75 Å². The van der Waals surface area contributed by atoms with Gasteiger partial charge in [-0.1, -0.05) is 51.1 Å². The predicted molar refractivity (Wildman–Crippen MR) is 151 cm³/mol. The molecule has 2 aromatic carbocycles. The van der Waals surface area contributed by atoms with E-state index >= 15 is 0 Å². The van der Waals surface area contributed by atoms with E-state index in [4.69, 9.17) is 18.6 Å². The van der Waals surface area contributed by atoms with Gasteiger partial charge in [-0.3, -0.25) is 9.59 Å². The summed E-state index contributed by atoms with van der Waals surface area (Å²) in [5.41, 5.74) is 1.55. The maximum atomic E-state index is 13.2. The minimum Gasteiger partial charge on any atom is -0.497 e. The van der Waals surface area contributed by atoms with Crippen LogP contribution in [0.2, 0.25) is 18.1 Å². The highest BCUT2D eigenvalue weighted by molar-refractivity contribution is 6.74. The Morgan fingerprint density at radius 3 is 2.11 bits per heavy atom. The summed E-state index contributed by atoms with van der Waals surface area (Å²) in [6, 6.07) is 16.1. The van der Waals surface area contributed by atoms with Crippen molar-refractivity contribution >= 4 is 25.9 Å². The first-order valence-electron chi connectivity index (χ1n) is 12.8. The minimum atomic E-state index is -2.29. The molecule has 0 fully saturated rings. The molecule has 210 valence electrons. The fourth-order valence-corrected chi connectivity index (χ4v) is 5.28. The van der Waals surface area contributed by atoms with Crippen molar-refractivity contribution in [1.29, 1.82) is 0 Å². The van der Waals surface area contributed by atoms with Crippen molar-refractivity contribution < 1.29 is 33.3 Å². The lowest BCUT2D eigenvalue weighted by Crippen LogP contribution is -2.47. The lowest BCUT2D eigenvalue weighted by Gasteiger charge is -2.40. The Morgan fingerprint density at radius 2 is 1.61 bits per heavy atom. The molecular formula is C29H43NO7Si. The quantitative estimate of drug-likeness (QED) is 0.257. The maximum absolute atomic E-state index is 13.2. The zero-order valence-corrected chi connectivity index (χ0v) is 24.8. The van der Waals surface area contributed by atoms with Crippen LogP contribution >= 0.6 is 0 Å². The van der Waals surface area contributed by atoms with E-state index in [0.717, 1.165) is 11.3 Å². The lowest BCUT2D eigenvalue weighted by molar-refractivity contribution is -0.152. The molecule has 0 aliphatic carbocycles. The van der Waals surface area contributed by atoms with Crippen LogP contribution in [-0.2, 0) is 23.5 Å². The fourth-order valence-electron chi connectivity index (χ4n) is 3.93. The van der Waals surface area contributed by atoms with Gasteiger partial charge in [0.05, 0.1) is 32.5 Å². The van der Waals surface area contributed by atoms with Gasteiger partial charge in [0, 0.05) is 19.0 Å². The molecule has 4 atom stereocenters. The van der Waals surface area contributed by atoms with E-state index in [1.54, 1.807) is 19.2 Å². The number of esters is 2. The van der Waals surface area contributed by atoms with Crippen molar-refractivity contribution in [3.63, 3.8) is 0 Å². The topological polar surface area (TPSA) is 103 Å². The van der Waals surface area contributed by atoms with Crippen LogP contribution in [0.25, 0.3) is 0 Å². The van der Waals surface area contributed by atoms with Gasteiger partial charge < -0.3 is 29.1 Å². The largest absolute Gasteiger partial charge is 0.497 e. The first-order chi connectivity index (χ1) is 17.8. The molecule has 38 heavy (non-hydrogen) atoms. The number of methoxy groups -OCH3 is 2. The highest BCUT2D eigenvalue weighted by Crippen LogP contribution is 2.39. The molecule has 0 saturated carbocycles. The van der Waals surface area contributed by atoms with E-state index < -0.39 is 44.4 Å². The number of aliphatic hydroxyl groups is 1. The zero-order valence-electron chi connectivity index (χ0n) is 23.8. The van der Waals surface area contributed by atoms with E-state index in [2.05, 4.69) is 39.2 Å². The van der Waals surface area contributed by atoms with E-state index in [9.17, 15) is 14.7 Å². The highest BCUT2D eigenvalue weighted by Gasteiger charge is 2.42. The van der Waals surface area contributed by atoms with Crippen molar-refractivity contribution in [3.05, 3.63) is 60.2 Å². The molecule has 2 rings (SSSR count). The Balaban J connectivity index is 2.46. The van der Waals surface area contributed by atoms with E-state index in [1.165, 1.54) is 14.0 Å². The van der Waals surface area contributed by atoms with Crippen molar-refractivity contribution in [3.8, 4) is 5.75 Å². The molecule has 0 radical (unpaired) electrons. The van der Waals surface area contributed by atoms with Crippen LogP contribution in [0.15, 0.2) is 54.6 Å². The number of para-hydroxylation sites is 1. The lowest BCUT2D eigenvalue weighted by atomic mass is 9.85. The van der Waals surface area contributed by atoms with Crippen LogP contribution in [0.4, 0.5) is 5.69 Å². The second kappa shape index (κ2) is 13.8. The average Bonchev–Trinajstić information content (AvgIpc) is 2.86. The van der Waals surface area contributed by atoms with Crippen molar-refractivity contribution in [1.82, 2.24) is 0 Å². The molecule has 0 aliphatic rings. The summed E-state index contributed by atoms with van der Waals surface area (Å²) in [5, 5.41) is 14.9. The molecule has 0 heterocycles. The van der Waals surface area contributed by atoms with Crippen LogP contribution < -0.4 is 10.1 Å². The third-order valence-electron chi connectivity index (χ3n) is 7.06. The number of aliphatic hydroxyl groups excluding tert-OH is 1. The molecule has 0 amide bonds. The van der Waals surface area contributed by atoms with Crippen molar-refractivity contribution in [2.45, 2.75) is 70.5 Å². The summed E-state index contributed by atoms with van der Waals surface area (Å²) in [6.07, 6.45) is -1.70. The summed E-state index contributed by atoms with van der Waals surface area (Å²) in [5.74, 6) is -1.32. The number of carbonyl (C=O) groups excluding carboxylic acids is 2. The minimum absolute atomic E-state index is 0.0217. The number of rotatable bonds is 13. The van der Waals surface area contributed by atoms with Gasteiger partial charge in [-0.15, -0.1) is 0 Å². The van der Waals surface area contributed by atoms with Gasteiger partial charge >= 0.3 is 11.9 Å². The molecule has 9 heteroatoms. The van der Waals surface area contributed by atoms with Gasteiger partial charge in [-0.2, -0.15) is 0 Å². The van der Waals surface area contributed by atoms with Gasteiger partial charge in [0.1, 0.15) is 18.3 Å². The van der Waals surface area contributed by atoms with Crippen LogP contribution in [0, 0.1) is 5.92 Å². The molecule has 2 aromatic rings. The van der Waals surface area contributed by atoms with Gasteiger partial charge in [-0.25, -0.2) is 0 Å². The number of ether oxygens (including phenoxy) is 3. The number of benzene rings is 2. The molecule has 0 aliphatic heterocycles. The van der Waals surface area contributed by atoms with Gasteiger partial charge in [-0.05, 0) is 48.0 Å². The summed E-state index contributed by atoms with van der Waals surface area (Å²) in [7, 11) is 0.601. The molecule has 0 bridgehead atoms. The number of anilines is 1. The van der Waals surface area contributed by atoms with E-state index in [0.29, 0.717) is 5.75 Å². The number of nitrogens with one attached hydrogen (secondary N) is 1. The van der Waals surface area contributed by atoms with Crippen LogP contribution in [0.1, 0.15) is 45.7 Å². The van der Waals surface area contributed by atoms with Crippen LogP contribution in [-0.4, -0.2) is 58.4 Å². The zero-order chi connectivity index (χ0) is 28.5. The fraction of sp³-hybridized carbons (Fsp3) is 0.517. The summed E-state index contributed by atoms with van der Waals surface area (Å²) >= 11 is 0. The number of hydrogen-bond acceptors (Lipinski definition) is 8. The number of hydrogen-bond donors (Lipinski definition) is 2. The van der Waals surface area contributed by atoms with Gasteiger partial charge in [0.15, 0.2) is 8.32 Å². The van der Waals surface area contributed by atoms with Crippen molar-refractivity contribution in [2.75, 3.05) is 26.1 Å². The smallest absolute Gasteiger partial charge is 0.313 e. The Morgan fingerprint density at radius 1 is 1.00 bits per heavy atom. The second-order valence-electron chi connectivity index (χ2n) is 10.9. The highest BCUT2D eigenvalue weighted by atomic mass is 28.4. The molecule has 0 spiro atoms. The molecule has 0 saturated heterocycles.